The van der Waals surface area contributed by atoms with Crippen molar-refractivity contribution in [2.45, 2.75) is 17.9 Å². The molecule has 2 aromatic carbocycles. The summed E-state index contributed by atoms with van der Waals surface area (Å²) >= 11 is 5.80. The van der Waals surface area contributed by atoms with E-state index in [0.717, 1.165) is 11.6 Å². The van der Waals surface area contributed by atoms with Gasteiger partial charge in [-0.05, 0) is 42.8 Å². The summed E-state index contributed by atoms with van der Waals surface area (Å²) in [6.45, 7) is 1.70. The maximum Gasteiger partial charge on any atom is 0.241 e. The number of ether oxygens (including phenoxy) is 1. The van der Waals surface area contributed by atoms with Gasteiger partial charge >= 0.3 is 0 Å². The van der Waals surface area contributed by atoms with Gasteiger partial charge in [0.05, 0.1) is 12.0 Å². The van der Waals surface area contributed by atoms with Crippen molar-refractivity contribution in [3.05, 3.63) is 58.9 Å². The normalized spacial score (nSPS) is 12.9. The molecular formula is C15H15ClFNO3S. The summed E-state index contributed by atoms with van der Waals surface area (Å²) in [5, 5.41) is 0.566. The lowest BCUT2D eigenvalue weighted by molar-refractivity contribution is 0.385. The van der Waals surface area contributed by atoms with Gasteiger partial charge < -0.3 is 4.74 Å². The Morgan fingerprint density at radius 2 is 1.82 bits per heavy atom. The van der Waals surface area contributed by atoms with Gasteiger partial charge in [0.15, 0.2) is 11.6 Å². The number of halogens is 2. The highest BCUT2D eigenvalue weighted by Crippen LogP contribution is 2.23. The summed E-state index contributed by atoms with van der Waals surface area (Å²) in [4.78, 5) is -0.161. The van der Waals surface area contributed by atoms with Crippen LogP contribution in [-0.2, 0) is 10.0 Å². The predicted molar refractivity (Wildman–Crippen MR) is 83.1 cm³/mol. The van der Waals surface area contributed by atoms with E-state index < -0.39 is 21.9 Å². The molecule has 0 aliphatic carbocycles. The van der Waals surface area contributed by atoms with Crippen LogP contribution in [0.25, 0.3) is 0 Å². The van der Waals surface area contributed by atoms with Crippen LogP contribution in [-0.4, -0.2) is 15.5 Å². The summed E-state index contributed by atoms with van der Waals surface area (Å²) in [6, 6.07) is 9.82. The van der Waals surface area contributed by atoms with Crippen LogP contribution in [0.3, 0.4) is 0 Å². The van der Waals surface area contributed by atoms with E-state index >= 15 is 0 Å². The van der Waals surface area contributed by atoms with Crippen molar-refractivity contribution >= 4 is 21.6 Å². The van der Waals surface area contributed by atoms with E-state index in [-0.39, 0.29) is 10.6 Å². The van der Waals surface area contributed by atoms with Gasteiger partial charge in [-0.1, -0.05) is 23.7 Å². The van der Waals surface area contributed by atoms with Crippen molar-refractivity contribution in [3.8, 4) is 5.75 Å². The molecule has 0 aliphatic rings. The quantitative estimate of drug-likeness (QED) is 0.903. The van der Waals surface area contributed by atoms with Crippen LogP contribution >= 0.6 is 11.6 Å². The van der Waals surface area contributed by atoms with Crippen LogP contribution in [0, 0.1) is 5.82 Å². The molecule has 2 aromatic rings. The zero-order valence-corrected chi connectivity index (χ0v) is 13.6. The first kappa shape index (κ1) is 16.7. The molecule has 0 unspecified atom stereocenters. The van der Waals surface area contributed by atoms with Crippen molar-refractivity contribution in [2.75, 3.05) is 7.11 Å². The third-order valence-electron chi connectivity index (χ3n) is 3.14. The monoisotopic (exact) mass is 343 g/mol. The van der Waals surface area contributed by atoms with E-state index in [0.29, 0.717) is 5.02 Å². The highest BCUT2D eigenvalue weighted by atomic mass is 35.5. The number of sulfonamides is 1. The van der Waals surface area contributed by atoms with Crippen molar-refractivity contribution in [1.82, 2.24) is 4.72 Å². The molecule has 0 saturated heterocycles. The molecule has 22 heavy (non-hydrogen) atoms. The number of hydrogen-bond acceptors (Lipinski definition) is 3. The first-order chi connectivity index (χ1) is 10.3. The van der Waals surface area contributed by atoms with Crippen LogP contribution in [0.4, 0.5) is 4.39 Å². The number of hydrogen-bond donors (Lipinski definition) is 1. The fourth-order valence-corrected chi connectivity index (χ4v) is 3.30. The molecule has 0 radical (unpaired) electrons. The second kappa shape index (κ2) is 6.64. The van der Waals surface area contributed by atoms with E-state index in [4.69, 9.17) is 16.3 Å². The molecule has 0 amide bonds. The van der Waals surface area contributed by atoms with Crippen LogP contribution < -0.4 is 9.46 Å². The zero-order valence-electron chi connectivity index (χ0n) is 12.0. The lowest BCUT2D eigenvalue weighted by Gasteiger charge is -2.15. The Morgan fingerprint density at radius 1 is 1.18 bits per heavy atom. The molecule has 0 saturated carbocycles. The van der Waals surface area contributed by atoms with Crippen LogP contribution in [0.5, 0.6) is 5.75 Å². The first-order valence-electron chi connectivity index (χ1n) is 6.45. The summed E-state index contributed by atoms with van der Waals surface area (Å²) < 4.78 is 45.5. The lowest BCUT2D eigenvalue weighted by atomic mass is 10.1. The molecule has 2 rings (SSSR count). The van der Waals surface area contributed by atoms with E-state index in [1.807, 2.05) is 0 Å². The van der Waals surface area contributed by atoms with Gasteiger partial charge in [0.25, 0.3) is 0 Å². The maximum absolute atomic E-state index is 13.7. The molecule has 0 spiro atoms. The van der Waals surface area contributed by atoms with Crippen molar-refractivity contribution in [1.29, 1.82) is 0 Å². The minimum atomic E-state index is -3.84. The molecule has 0 fully saturated rings. The average Bonchev–Trinajstić information content (AvgIpc) is 2.47. The standard InChI is InChI=1S/C15H15ClFNO3S/c1-10(11-3-5-12(16)6-4-11)18-22(19,20)13-7-8-15(21-2)14(17)9-13/h3-10,18H,1-2H3/t10-/m1/s1. The van der Waals surface area contributed by atoms with Gasteiger partial charge in [-0.2, -0.15) is 0 Å². The molecule has 1 atom stereocenters. The third kappa shape index (κ3) is 3.76. The molecule has 0 aliphatic heterocycles. The van der Waals surface area contributed by atoms with Crippen LogP contribution in [0.2, 0.25) is 5.02 Å². The minimum absolute atomic E-state index is 0.00954. The van der Waals surface area contributed by atoms with Crippen molar-refractivity contribution in [3.63, 3.8) is 0 Å². The number of methoxy groups -OCH3 is 1. The SMILES string of the molecule is COc1ccc(S(=O)(=O)N[C@H](C)c2ccc(Cl)cc2)cc1F. The highest BCUT2D eigenvalue weighted by molar-refractivity contribution is 7.89. The van der Waals surface area contributed by atoms with Gasteiger partial charge in [0.1, 0.15) is 0 Å². The van der Waals surface area contributed by atoms with Gasteiger partial charge in [0.2, 0.25) is 10.0 Å². The molecule has 0 heterocycles. The van der Waals surface area contributed by atoms with Crippen LogP contribution in [0.1, 0.15) is 18.5 Å². The van der Waals surface area contributed by atoms with Gasteiger partial charge in [-0.3, -0.25) is 0 Å². The largest absolute Gasteiger partial charge is 0.494 e. The molecule has 118 valence electrons. The molecule has 7 heteroatoms. The number of rotatable bonds is 5. The summed E-state index contributed by atoms with van der Waals surface area (Å²) in [6.07, 6.45) is 0. The molecule has 1 N–H and O–H groups in total. The fourth-order valence-electron chi connectivity index (χ4n) is 1.93. The summed E-state index contributed by atoms with van der Waals surface area (Å²) in [5.74, 6) is -0.741. The molecule has 4 nitrogen and oxygen atoms in total. The average molecular weight is 344 g/mol. The van der Waals surface area contributed by atoms with E-state index in [9.17, 15) is 12.8 Å². The van der Waals surface area contributed by atoms with Gasteiger partial charge in [-0.25, -0.2) is 17.5 Å². The zero-order chi connectivity index (χ0) is 16.3. The Balaban J connectivity index is 2.23. The van der Waals surface area contributed by atoms with Crippen molar-refractivity contribution in [2.24, 2.45) is 0 Å². The summed E-state index contributed by atoms with van der Waals surface area (Å²) in [7, 11) is -2.53. The Bertz CT molecular complexity index is 763. The topological polar surface area (TPSA) is 55.4 Å². The maximum atomic E-state index is 13.7. The Hall–Kier alpha value is -1.63. The Labute approximate surface area is 133 Å². The van der Waals surface area contributed by atoms with Crippen LogP contribution in [0.15, 0.2) is 47.4 Å². The second-order valence-electron chi connectivity index (χ2n) is 4.69. The highest BCUT2D eigenvalue weighted by Gasteiger charge is 2.20. The second-order valence-corrected chi connectivity index (χ2v) is 6.84. The van der Waals surface area contributed by atoms with E-state index in [1.165, 1.54) is 19.2 Å². The minimum Gasteiger partial charge on any atom is -0.494 e. The summed E-state index contributed by atoms with van der Waals surface area (Å²) in [5.41, 5.74) is 0.752. The molecule has 0 aromatic heterocycles. The van der Waals surface area contributed by atoms with Gasteiger partial charge in [0, 0.05) is 11.1 Å². The predicted octanol–water partition coefficient (Wildman–Crippen LogP) is 3.53. The van der Waals surface area contributed by atoms with E-state index in [1.54, 1.807) is 31.2 Å². The molecule has 0 bridgehead atoms. The van der Waals surface area contributed by atoms with Gasteiger partial charge in [-0.15, -0.1) is 0 Å². The Morgan fingerprint density at radius 3 is 2.36 bits per heavy atom. The first-order valence-corrected chi connectivity index (χ1v) is 8.31. The smallest absolute Gasteiger partial charge is 0.241 e. The van der Waals surface area contributed by atoms with Crippen molar-refractivity contribution < 1.29 is 17.5 Å². The molecular weight excluding hydrogens is 329 g/mol. The fraction of sp³-hybridized carbons (Fsp3) is 0.200. The number of benzene rings is 2. The number of nitrogens with one attached hydrogen (secondary N) is 1. The van der Waals surface area contributed by atoms with E-state index in [2.05, 4.69) is 4.72 Å². The Kier molecular flexibility index (Phi) is 5.05. The lowest BCUT2D eigenvalue weighted by Crippen LogP contribution is -2.27. The third-order valence-corrected chi connectivity index (χ3v) is 4.93.